The molecule has 1 N–H and O–H groups in total. The van der Waals surface area contributed by atoms with Crippen molar-refractivity contribution in [3.8, 4) is 0 Å². The maximum absolute atomic E-state index is 13.1. The minimum atomic E-state index is -3.64. The summed E-state index contributed by atoms with van der Waals surface area (Å²) in [5.41, 5.74) is 2.18. The van der Waals surface area contributed by atoms with Gasteiger partial charge < -0.3 is 15.1 Å². The summed E-state index contributed by atoms with van der Waals surface area (Å²) in [6.07, 6.45) is 0.173. The van der Waals surface area contributed by atoms with Crippen molar-refractivity contribution in [2.75, 3.05) is 56.5 Å². The third kappa shape index (κ3) is 5.81. The molecule has 1 saturated heterocycles. The number of piperazine rings is 1. The van der Waals surface area contributed by atoms with Gasteiger partial charge in [0.15, 0.2) is 0 Å². The SMILES string of the molecule is CCN(CC)S(=O)(=O)c1ccc(N2CCN(C)CC2)c(NC(=O)Cc2ccc(Cl)cc2)c1. The number of halogens is 1. The van der Waals surface area contributed by atoms with Gasteiger partial charge in [-0.05, 0) is 42.9 Å². The Balaban J connectivity index is 1.91. The van der Waals surface area contributed by atoms with E-state index in [0.717, 1.165) is 37.4 Å². The number of anilines is 2. The normalized spacial score (nSPS) is 15.2. The number of hydrogen-bond acceptors (Lipinski definition) is 5. The second-order valence-corrected chi connectivity index (χ2v) is 10.3. The number of likely N-dealkylation sites (N-methyl/N-ethyl adjacent to an activating group) is 1. The predicted octanol–water partition coefficient (Wildman–Crippen LogP) is 3.30. The van der Waals surface area contributed by atoms with E-state index in [0.29, 0.717) is 23.8 Å². The van der Waals surface area contributed by atoms with Crippen LogP contribution < -0.4 is 10.2 Å². The minimum Gasteiger partial charge on any atom is -0.367 e. The first kappa shape index (κ1) is 24.5. The van der Waals surface area contributed by atoms with Crippen LogP contribution in [0.3, 0.4) is 0 Å². The molecule has 1 aliphatic rings. The molecule has 3 rings (SSSR count). The molecule has 32 heavy (non-hydrogen) atoms. The molecular weight excluding hydrogens is 448 g/mol. The summed E-state index contributed by atoms with van der Waals surface area (Å²) in [5, 5.41) is 3.57. The van der Waals surface area contributed by atoms with Crippen molar-refractivity contribution >= 4 is 38.9 Å². The maximum Gasteiger partial charge on any atom is 0.243 e. The van der Waals surface area contributed by atoms with Gasteiger partial charge in [0.25, 0.3) is 0 Å². The second-order valence-electron chi connectivity index (χ2n) is 7.91. The van der Waals surface area contributed by atoms with E-state index >= 15 is 0 Å². The Morgan fingerprint density at radius 3 is 2.25 bits per heavy atom. The first-order valence-corrected chi connectivity index (χ1v) is 12.7. The van der Waals surface area contributed by atoms with Crippen LogP contribution in [0, 0.1) is 0 Å². The van der Waals surface area contributed by atoms with E-state index in [4.69, 9.17) is 11.6 Å². The lowest BCUT2D eigenvalue weighted by Crippen LogP contribution is -2.44. The van der Waals surface area contributed by atoms with Gasteiger partial charge in [0.05, 0.1) is 22.7 Å². The zero-order valence-electron chi connectivity index (χ0n) is 18.8. The second kappa shape index (κ2) is 10.7. The first-order chi connectivity index (χ1) is 15.2. The highest BCUT2D eigenvalue weighted by molar-refractivity contribution is 7.89. The predicted molar refractivity (Wildman–Crippen MR) is 130 cm³/mol. The molecule has 1 amide bonds. The molecule has 0 aromatic heterocycles. The van der Waals surface area contributed by atoms with Gasteiger partial charge in [-0.3, -0.25) is 4.79 Å². The Bertz CT molecular complexity index is 1030. The van der Waals surface area contributed by atoms with Crippen LogP contribution in [-0.2, 0) is 21.2 Å². The fourth-order valence-corrected chi connectivity index (χ4v) is 5.40. The van der Waals surface area contributed by atoms with Crippen molar-refractivity contribution in [2.24, 2.45) is 0 Å². The van der Waals surface area contributed by atoms with Gasteiger partial charge >= 0.3 is 0 Å². The molecule has 2 aromatic rings. The van der Waals surface area contributed by atoms with E-state index in [-0.39, 0.29) is 17.2 Å². The van der Waals surface area contributed by atoms with Crippen molar-refractivity contribution in [1.29, 1.82) is 0 Å². The van der Waals surface area contributed by atoms with Crippen LogP contribution in [0.4, 0.5) is 11.4 Å². The van der Waals surface area contributed by atoms with Crippen LogP contribution >= 0.6 is 11.6 Å². The number of carbonyl (C=O) groups is 1. The molecule has 0 aliphatic carbocycles. The van der Waals surface area contributed by atoms with E-state index in [1.54, 1.807) is 30.3 Å². The van der Waals surface area contributed by atoms with Gasteiger partial charge in [-0.1, -0.05) is 37.6 Å². The Hall–Kier alpha value is -2.13. The number of carbonyl (C=O) groups excluding carboxylic acids is 1. The number of hydrogen-bond donors (Lipinski definition) is 1. The lowest BCUT2D eigenvalue weighted by molar-refractivity contribution is -0.115. The minimum absolute atomic E-state index is 0.173. The van der Waals surface area contributed by atoms with E-state index in [9.17, 15) is 13.2 Å². The third-order valence-electron chi connectivity index (χ3n) is 5.71. The van der Waals surface area contributed by atoms with Crippen molar-refractivity contribution in [1.82, 2.24) is 9.21 Å². The maximum atomic E-state index is 13.1. The van der Waals surface area contributed by atoms with E-state index in [1.807, 2.05) is 26.0 Å². The van der Waals surface area contributed by atoms with Crippen molar-refractivity contribution in [2.45, 2.75) is 25.2 Å². The molecule has 0 spiro atoms. The number of rotatable bonds is 8. The number of benzene rings is 2. The van der Waals surface area contributed by atoms with Crippen LogP contribution in [0.2, 0.25) is 5.02 Å². The van der Waals surface area contributed by atoms with Gasteiger partial charge in [0.2, 0.25) is 15.9 Å². The lowest BCUT2D eigenvalue weighted by atomic mass is 10.1. The average Bonchev–Trinajstić information content (AvgIpc) is 2.76. The van der Waals surface area contributed by atoms with Crippen LogP contribution in [-0.4, -0.2) is 69.8 Å². The van der Waals surface area contributed by atoms with Crippen molar-refractivity contribution in [3.63, 3.8) is 0 Å². The summed E-state index contributed by atoms with van der Waals surface area (Å²) in [4.78, 5) is 17.4. The van der Waals surface area contributed by atoms with Gasteiger partial charge in [-0.25, -0.2) is 8.42 Å². The van der Waals surface area contributed by atoms with Crippen LogP contribution in [0.15, 0.2) is 47.4 Å². The molecule has 1 fully saturated rings. The van der Waals surface area contributed by atoms with E-state index in [2.05, 4.69) is 22.2 Å². The zero-order chi connectivity index (χ0) is 23.3. The molecule has 1 aliphatic heterocycles. The average molecular weight is 479 g/mol. The molecule has 2 aromatic carbocycles. The standard InChI is InChI=1S/C23H31ClN4O3S/c1-4-28(5-2)32(30,31)20-10-11-22(27-14-12-26(3)13-15-27)21(17-20)25-23(29)16-18-6-8-19(24)9-7-18/h6-11,17H,4-5,12-16H2,1-3H3,(H,25,29). The zero-order valence-corrected chi connectivity index (χ0v) is 20.4. The summed E-state index contributed by atoms with van der Waals surface area (Å²) in [7, 11) is -1.56. The Morgan fingerprint density at radius 1 is 1.03 bits per heavy atom. The molecule has 1 heterocycles. The summed E-state index contributed by atoms with van der Waals surface area (Å²) >= 11 is 5.93. The molecule has 7 nitrogen and oxygen atoms in total. The van der Waals surface area contributed by atoms with Gasteiger partial charge in [-0.15, -0.1) is 0 Å². The Kier molecular flexibility index (Phi) is 8.16. The van der Waals surface area contributed by atoms with Crippen molar-refractivity contribution in [3.05, 3.63) is 53.1 Å². The molecule has 9 heteroatoms. The first-order valence-electron chi connectivity index (χ1n) is 10.9. The van der Waals surface area contributed by atoms with Crippen molar-refractivity contribution < 1.29 is 13.2 Å². The van der Waals surface area contributed by atoms with Crippen LogP contribution in [0.5, 0.6) is 0 Å². The fourth-order valence-electron chi connectivity index (χ4n) is 3.79. The molecule has 0 atom stereocenters. The number of nitrogens with zero attached hydrogens (tertiary/aromatic N) is 3. The van der Waals surface area contributed by atoms with Crippen LogP contribution in [0.25, 0.3) is 0 Å². The summed E-state index contributed by atoms with van der Waals surface area (Å²) in [6.45, 7) is 7.81. The monoisotopic (exact) mass is 478 g/mol. The van der Waals surface area contributed by atoms with E-state index < -0.39 is 10.0 Å². The Morgan fingerprint density at radius 2 is 1.66 bits per heavy atom. The number of nitrogens with one attached hydrogen (secondary N) is 1. The van der Waals surface area contributed by atoms with Crippen LogP contribution in [0.1, 0.15) is 19.4 Å². The quantitative estimate of drug-likeness (QED) is 0.630. The molecule has 0 radical (unpaired) electrons. The highest BCUT2D eigenvalue weighted by Crippen LogP contribution is 2.31. The molecular formula is C23H31ClN4O3S. The molecule has 0 unspecified atom stereocenters. The van der Waals surface area contributed by atoms with Gasteiger partial charge in [-0.2, -0.15) is 4.31 Å². The highest BCUT2D eigenvalue weighted by atomic mass is 35.5. The molecule has 0 saturated carbocycles. The summed E-state index contributed by atoms with van der Waals surface area (Å²) < 4.78 is 27.5. The topological polar surface area (TPSA) is 73.0 Å². The largest absolute Gasteiger partial charge is 0.367 e. The molecule has 174 valence electrons. The third-order valence-corrected chi connectivity index (χ3v) is 8.01. The summed E-state index contributed by atoms with van der Waals surface area (Å²) in [5.74, 6) is -0.208. The van der Waals surface area contributed by atoms with Gasteiger partial charge in [0.1, 0.15) is 0 Å². The lowest BCUT2D eigenvalue weighted by Gasteiger charge is -2.35. The van der Waals surface area contributed by atoms with E-state index in [1.165, 1.54) is 4.31 Å². The fraction of sp³-hybridized carbons (Fsp3) is 0.435. The summed E-state index contributed by atoms with van der Waals surface area (Å²) in [6, 6.07) is 12.1. The number of amides is 1. The molecule has 0 bridgehead atoms. The number of sulfonamides is 1. The Labute approximate surface area is 196 Å². The van der Waals surface area contributed by atoms with Gasteiger partial charge in [0, 0.05) is 44.3 Å². The highest BCUT2D eigenvalue weighted by Gasteiger charge is 2.25. The smallest absolute Gasteiger partial charge is 0.243 e.